The molecule has 0 spiro atoms. The highest BCUT2D eigenvalue weighted by atomic mass is 16.5. The molecule has 1 aromatic heterocycles. The van der Waals surface area contributed by atoms with Crippen LogP contribution in [-0.4, -0.2) is 30.1 Å². The van der Waals surface area contributed by atoms with Crippen molar-refractivity contribution in [1.82, 2.24) is 15.6 Å². The fourth-order valence-corrected chi connectivity index (χ4v) is 1.50. The zero-order chi connectivity index (χ0) is 14.3. The maximum atomic E-state index is 11.7. The van der Waals surface area contributed by atoms with Gasteiger partial charge in [-0.1, -0.05) is 19.9 Å². The molecule has 0 saturated heterocycles. The van der Waals surface area contributed by atoms with Crippen molar-refractivity contribution in [3.05, 3.63) is 30.1 Å². The van der Waals surface area contributed by atoms with Crippen LogP contribution in [0.4, 0.5) is 4.79 Å². The van der Waals surface area contributed by atoms with Crippen molar-refractivity contribution < 1.29 is 14.3 Å². The van der Waals surface area contributed by atoms with Gasteiger partial charge in [-0.05, 0) is 17.5 Å². The van der Waals surface area contributed by atoms with E-state index in [0.717, 1.165) is 5.56 Å². The van der Waals surface area contributed by atoms with Crippen molar-refractivity contribution in [1.29, 1.82) is 0 Å². The number of hydrogen-bond donors (Lipinski definition) is 2. The Hall–Kier alpha value is -2.11. The standard InChI is InChI=1S/C13H19N3O3/c1-9(2)11(12(17)19-3)16-13(18)15-8-10-5-4-6-14-7-10/h4-7,9,11H,8H2,1-3H3,(H2,15,16,18)/t11-/m0/s1. The second kappa shape index (κ2) is 7.35. The number of aromatic nitrogens is 1. The van der Waals surface area contributed by atoms with E-state index in [1.54, 1.807) is 18.5 Å². The van der Waals surface area contributed by atoms with E-state index in [1.165, 1.54) is 7.11 Å². The van der Waals surface area contributed by atoms with Crippen molar-refractivity contribution in [2.45, 2.75) is 26.4 Å². The molecule has 0 aliphatic heterocycles. The van der Waals surface area contributed by atoms with Gasteiger partial charge in [-0.25, -0.2) is 9.59 Å². The summed E-state index contributed by atoms with van der Waals surface area (Å²) in [5, 5.41) is 5.26. The van der Waals surface area contributed by atoms with Gasteiger partial charge in [0.2, 0.25) is 0 Å². The molecule has 2 N–H and O–H groups in total. The first-order chi connectivity index (χ1) is 9.04. The van der Waals surface area contributed by atoms with Gasteiger partial charge >= 0.3 is 12.0 Å². The molecule has 0 saturated carbocycles. The smallest absolute Gasteiger partial charge is 0.328 e. The first-order valence-corrected chi connectivity index (χ1v) is 6.05. The Kier molecular flexibility index (Phi) is 5.78. The molecule has 0 bridgehead atoms. The van der Waals surface area contributed by atoms with Gasteiger partial charge in [-0.3, -0.25) is 4.98 Å². The van der Waals surface area contributed by atoms with E-state index >= 15 is 0 Å². The molecule has 6 heteroatoms. The summed E-state index contributed by atoms with van der Waals surface area (Å²) in [6.45, 7) is 4.03. The number of rotatable bonds is 5. The van der Waals surface area contributed by atoms with Gasteiger partial charge in [0.15, 0.2) is 0 Å². The molecule has 0 aliphatic rings. The lowest BCUT2D eigenvalue weighted by molar-refractivity contribution is -0.143. The molecule has 19 heavy (non-hydrogen) atoms. The molecule has 0 radical (unpaired) electrons. The summed E-state index contributed by atoms with van der Waals surface area (Å²) in [5.74, 6) is -0.497. The molecule has 0 aromatic carbocycles. The second-order valence-corrected chi connectivity index (χ2v) is 4.43. The molecule has 6 nitrogen and oxygen atoms in total. The van der Waals surface area contributed by atoms with Gasteiger partial charge in [0.25, 0.3) is 0 Å². The third-order valence-electron chi connectivity index (χ3n) is 2.58. The number of urea groups is 1. The summed E-state index contributed by atoms with van der Waals surface area (Å²) in [6.07, 6.45) is 3.33. The Balaban J connectivity index is 2.47. The average molecular weight is 265 g/mol. The molecular weight excluding hydrogens is 246 g/mol. The van der Waals surface area contributed by atoms with Crippen molar-refractivity contribution in [3.8, 4) is 0 Å². The van der Waals surface area contributed by atoms with Crippen LogP contribution in [0.25, 0.3) is 0 Å². The van der Waals surface area contributed by atoms with Crippen LogP contribution in [0.2, 0.25) is 0 Å². The Bertz CT molecular complexity index is 420. The highest BCUT2D eigenvalue weighted by Crippen LogP contribution is 2.03. The number of pyridine rings is 1. The minimum Gasteiger partial charge on any atom is -0.467 e. The monoisotopic (exact) mass is 265 g/mol. The number of carbonyl (C=O) groups is 2. The molecule has 1 aromatic rings. The van der Waals surface area contributed by atoms with Crippen LogP contribution >= 0.6 is 0 Å². The van der Waals surface area contributed by atoms with Gasteiger partial charge < -0.3 is 15.4 Å². The predicted molar refractivity (Wildman–Crippen MR) is 70.3 cm³/mol. The Morgan fingerprint density at radius 2 is 2.16 bits per heavy atom. The first kappa shape index (κ1) is 14.9. The molecule has 1 atom stereocenters. The number of hydrogen-bond acceptors (Lipinski definition) is 4. The normalized spacial score (nSPS) is 11.8. The molecule has 1 heterocycles. The van der Waals surface area contributed by atoms with E-state index in [4.69, 9.17) is 0 Å². The number of methoxy groups -OCH3 is 1. The molecule has 2 amide bonds. The quantitative estimate of drug-likeness (QED) is 0.781. The Labute approximate surface area is 112 Å². The second-order valence-electron chi connectivity index (χ2n) is 4.43. The third-order valence-corrected chi connectivity index (χ3v) is 2.58. The van der Waals surface area contributed by atoms with Crippen molar-refractivity contribution in [2.24, 2.45) is 5.92 Å². The van der Waals surface area contributed by atoms with Crippen LogP contribution in [-0.2, 0) is 16.1 Å². The maximum Gasteiger partial charge on any atom is 0.328 e. The van der Waals surface area contributed by atoms with Crippen LogP contribution in [0, 0.1) is 5.92 Å². The van der Waals surface area contributed by atoms with Crippen LogP contribution in [0.5, 0.6) is 0 Å². The van der Waals surface area contributed by atoms with E-state index in [-0.39, 0.29) is 5.92 Å². The number of carbonyl (C=O) groups excluding carboxylic acids is 2. The predicted octanol–water partition coefficient (Wildman–Crippen LogP) is 1.08. The zero-order valence-corrected chi connectivity index (χ0v) is 11.3. The highest BCUT2D eigenvalue weighted by molar-refractivity contribution is 5.83. The van der Waals surface area contributed by atoms with Crippen LogP contribution < -0.4 is 10.6 Å². The average Bonchev–Trinajstić information content (AvgIpc) is 2.42. The fourth-order valence-electron chi connectivity index (χ4n) is 1.50. The van der Waals surface area contributed by atoms with Gasteiger partial charge in [-0.15, -0.1) is 0 Å². The lowest BCUT2D eigenvalue weighted by Gasteiger charge is -2.20. The number of amides is 2. The Morgan fingerprint density at radius 1 is 1.42 bits per heavy atom. The maximum absolute atomic E-state index is 11.7. The summed E-state index contributed by atoms with van der Waals surface area (Å²) in [5.41, 5.74) is 0.886. The highest BCUT2D eigenvalue weighted by Gasteiger charge is 2.24. The molecule has 0 fully saturated rings. The molecule has 104 valence electrons. The fraction of sp³-hybridized carbons (Fsp3) is 0.462. The first-order valence-electron chi connectivity index (χ1n) is 6.05. The molecule has 0 unspecified atom stereocenters. The summed E-state index contributed by atoms with van der Waals surface area (Å²) in [4.78, 5) is 27.1. The zero-order valence-electron chi connectivity index (χ0n) is 11.3. The van der Waals surface area contributed by atoms with E-state index in [2.05, 4.69) is 20.4 Å². The van der Waals surface area contributed by atoms with E-state index in [9.17, 15) is 9.59 Å². The summed E-state index contributed by atoms with van der Waals surface area (Å²) in [6, 6.07) is 2.58. The summed E-state index contributed by atoms with van der Waals surface area (Å²) < 4.78 is 4.65. The Morgan fingerprint density at radius 3 is 2.68 bits per heavy atom. The van der Waals surface area contributed by atoms with E-state index in [1.807, 2.05) is 19.9 Å². The largest absolute Gasteiger partial charge is 0.467 e. The molecule has 1 rings (SSSR count). The van der Waals surface area contributed by atoms with E-state index < -0.39 is 18.0 Å². The SMILES string of the molecule is COC(=O)[C@@H](NC(=O)NCc1cccnc1)C(C)C. The number of ether oxygens (including phenoxy) is 1. The molecular formula is C13H19N3O3. The topological polar surface area (TPSA) is 80.3 Å². The number of nitrogens with zero attached hydrogens (tertiary/aromatic N) is 1. The van der Waals surface area contributed by atoms with Gasteiger partial charge in [0, 0.05) is 18.9 Å². The summed E-state index contributed by atoms with van der Waals surface area (Å²) in [7, 11) is 1.30. The van der Waals surface area contributed by atoms with Gasteiger partial charge in [-0.2, -0.15) is 0 Å². The van der Waals surface area contributed by atoms with E-state index in [0.29, 0.717) is 6.54 Å². The van der Waals surface area contributed by atoms with Crippen LogP contribution in [0.1, 0.15) is 19.4 Å². The van der Waals surface area contributed by atoms with Crippen molar-refractivity contribution in [3.63, 3.8) is 0 Å². The lowest BCUT2D eigenvalue weighted by atomic mass is 10.1. The number of esters is 1. The minimum absolute atomic E-state index is 0.0448. The number of nitrogens with one attached hydrogen (secondary N) is 2. The van der Waals surface area contributed by atoms with Gasteiger partial charge in [0.05, 0.1) is 7.11 Å². The van der Waals surface area contributed by atoms with Crippen LogP contribution in [0.3, 0.4) is 0 Å². The van der Waals surface area contributed by atoms with Crippen LogP contribution in [0.15, 0.2) is 24.5 Å². The molecule has 0 aliphatic carbocycles. The van der Waals surface area contributed by atoms with Crippen molar-refractivity contribution in [2.75, 3.05) is 7.11 Å². The van der Waals surface area contributed by atoms with Crippen molar-refractivity contribution >= 4 is 12.0 Å². The lowest BCUT2D eigenvalue weighted by Crippen LogP contribution is -2.48. The summed E-state index contributed by atoms with van der Waals surface area (Å²) >= 11 is 0. The van der Waals surface area contributed by atoms with Gasteiger partial charge in [0.1, 0.15) is 6.04 Å². The minimum atomic E-state index is -0.654. The third kappa shape index (κ3) is 4.95.